The molecule has 0 bridgehead atoms. The predicted octanol–water partition coefficient (Wildman–Crippen LogP) is 2.75. The largest absolute Gasteiger partial charge is 0.382 e. The highest BCUT2D eigenvalue weighted by molar-refractivity contribution is 6.04. The molecule has 0 saturated carbocycles. The van der Waals surface area contributed by atoms with E-state index in [1.807, 2.05) is 13.0 Å². The topological polar surface area (TPSA) is 115 Å². The summed E-state index contributed by atoms with van der Waals surface area (Å²) in [6.07, 6.45) is 3.96. The van der Waals surface area contributed by atoms with Gasteiger partial charge in [0.1, 0.15) is 23.3 Å². The van der Waals surface area contributed by atoms with Gasteiger partial charge in [-0.1, -0.05) is 13.0 Å². The lowest BCUT2D eigenvalue weighted by molar-refractivity contribution is 0.102. The monoisotopic (exact) mass is 349 g/mol. The van der Waals surface area contributed by atoms with Crippen molar-refractivity contribution in [1.82, 2.24) is 19.6 Å². The van der Waals surface area contributed by atoms with Crippen molar-refractivity contribution in [3.63, 3.8) is 0 Å². The maximum atomic E-state index is 12.6. The molecule has 26 heavy (non-hydrogen) atoms. The van der Waals surface area contributed by atoms with E-state index in [-0.39, 0.29) is 23.3 Å². The minimum atomic E-state index is -0.261. The van der Waals surface area contributed by atoms with Gasteiger partial charge in [-0.3, -0.25) is 4.79 Å². The maximum Gasteiger partial charge on any atom is 0.256 e. The van der Waals surface area contributed by atoms with E-state index < -0.39 is 0 Å². The van der Waals surface area contributed by atoms with Gasteiger partial charge in [-0.05, 0) is 31.5 Å². The van der Waals surface area contributed by atoms with Crippen LogP contribution in [0.1, 0.15) is 42.2 Å². The molecule has 8 heteroatoms. The van der Waals surface area contributed by atoms with Gasteiger partial charge >= 0.3 is 0 Å². The first-order valence-corrected chi connectivity index (χ1v) is 8.24. The zero-order valence-corrected chi connectivity index (χ0v) is 14.5. The standard InChI is InChI=1S/C18H19N7O/c1-3-12(2)24-16(7-8-21-24)23-18(26)13-5-4-6-15(9-13)25-17(20)14(10-19)11-22-25/h4-9,11-12H,3,20H2,1-2H3,(H,23,26). The summed E-state index contributed by atoms with van der Waals surface area (Å²) in [6.45, 7) is 4.10. The maximum absolute atomic E-state index is 12.6. The molecule has 1 aromatic carbocycles. The average molecular weight is 349 g/mol. The Morgan fingerprint density at radius 3 is 2.88 bits per heavy atom. The Labute approximate surface area is 150 Å². The van der Waals surface area contributed by atoms with E-state index in [1.165, 1.54) is 10.9 Å². The van der Waals surface area contributed by atoms with Crippen molar-refractivity contribution < 1.29 is 4.79 Å². The van der Waals surface area contributed by atoms with Gasteiger partial charge in [-0.2, -0.15) is 15.5 Å². The molecule has 0 aliphatic carbocycles. The van der Waals surface area contributed by atoms with Crippen molar-refractivity contribution in [3.8, 4) is 11.8 Å². The van der Waals surface area contributed by atoms with Crippen LogP contribution in [-0.4, -0.2) is 25.5 Å². The van der Waals surface area contributed by atoms with Crippen LogP contribution in [0.5, 0.6) is 0 Å². The number of amides is 1. The highest BCUT2D eigenvalue weighted by Gasteiger charge is 2.14. The fourth-order valence-electron chi connectivity index (χ4n) is 2.55. The quantitative estimate of drug-likeness (QED) is 0.735. The molecule has 3 rings (SSSR count). The number of hydrogen-bond donors (Lipinski definition) is 2. The number of nitrogen functional groups attached to an aromatic ring is 1. The molecule has 0 aliphatic heterocycles. The van der Waals surface area contributed by atoms with Crippen LogP contribution in [0.25, 0.3) is 5.69 Å². The first-order valence-electron chi connectivity index (χ1n) is 8.24. The second-order valence-electron chi connectivity index (χ2n) is 5.89. The van der Waals surface area contributed by atoms with Crippen molar-refractivity contribution in [2.45, 2.75) is 26.3 Å². The minimum Gasteiger partial charge on any atom is -0.382 e. The van der Waals surface area contributed by atoms with Crippen LogP contribution in [-0.2, 0) is 0 Å². The number of carbonyl (C=O) groups excluding carboxylic acids is 1. The number of carbonyl (C=O) groups is 1. The van der Waals surface area contributed by atoms with Crippen molar-refractivity contribution in [2.75, 3.05) is 11.1 Å². The molecule has 0 saturated heterocycles. The Morgan fingerprint density at radius 2 is 2.19 bits per heavy atom. The molecule has 8 nitrogen and oxygen atoms in total. The zero-order chi connectivity index (χ0) is 18.7. The van der Waals surface area contributed by atoms with Crippen LogP contribution in [0.4, 0.5) is 11.6 Å². The molecule has 2 aromatic heterocycles. The summed E-state index contributed by atoms with van der Waals surface area (Å²) < 4.78 is 3.21. The number of aromatic nitrogens is 4. The van der Waals surface area contributed by atoms with Crippen LogP contribution in [0.3, 0.4) is 0 Å². The van der Waals surface area contributed by atoms with E-state index in [1.54, 1.807) is 41.2 Å². The number of nitrogens with two attached hydrogens (primary N) is 1. The third-order valence-corrected chi connectivity index (χ3v) is 4.20. The SMILES string of the molecule is CCC(C)n1nccc1NC(=O)c1cccc(-n2ncc(C#N)c2N)c1. The molecule has 2 heterocycles. The smallest absolute Gasteiger partial charge is 0.256 e. The number of anilines is 2. The summed E-state index contributed by atoms with van der Waals surface area (Å²) in [5, 5.41) is 20.2. The Kier molecular flexibility index (Phi) is 4.71. The van der Waals surface area contributed by atoms with Gasteiger partial charge in [-0.15, -0.1) is 0 Å². The molecule has 3 aromatic rings. The zero-order valence-electron chi connectivity index (χ0n) is 14.5. The fraction of sp³-hybridized carbons (Fsp3) is 0.222. The van der Waals surface area contributed by atoms with Crippen molar-refractivity contribution in [1.29, 1.82) is 5.26 Å². The molecule has 0 radical (unpaired) electrons. The number of benzene rings is 1. The van der Waals surface area contributed by atoms with E-state index in [2.05, 4.69) is 22.4 Å². The Bertz CT molecular complexity index is 980. The second kappa shape index (κ2) is 7.11. The van der Waals surface area contributed by atoms with Crippen LogP contribution in [0.15, 0.2) is 42.7 Å². The number of rotatable bonds is 5. The first-order chi connectivity index (χ1) is 12.5. The first kappa shape index (κ1) is 17.2. The summed E-state index contributed by atoms with van der Waals surface area (Å²) in [7, 11) is 0. The molecule has 3 N–H and O–H groups in total. The third kappa shape index (κ3) is 3.15. The summed E-state index contributed by atoms with van der Waals surface area (Å²) in [5.74, 6) is 0.614. The van der Waals surface area contributed by atoms with Crippen molar-refractivity contribution >= 4 is 17.5 Å². The molecule has 0 aliphatic rings. The molecule has 0 spiro atoms. The molecular formula is C18H19N7O. The van der Waals surface area contributed by atoms with Gasteiger partial charge in [-0.25, -0.2) is 9.36 Å². The third-order valence-electron chi connectivity index (χ3n) is 4.20. The molecule has 132 valence electrons. The second-order valence-corrected chi connectivity index (χ2v) is 5.89. The molecule has 1 unspecified atom stereocenters. The molecular weight excluding hydrogens is 330 g/mol. The van der Waals surface area contributed by atoms with Gasteiger partial charge in [0.05, 0.1) is 24.1 Å². The van der Waals surface area contributed by atoms with Crippen LogP contribution in [0.2, 0.25) is 0 Å². The van der Waals surface area contributed by atoms with E-state index >= 15 is 0 Å². The van der Waals surface area contributed by atoms with E-state index in [4.69, 9.17) is 11.0 Å². The summed E-state index contributed by atoms with van der Waals surface area (Å²) in [6, 6.07) is 10.8. The predicted molar refractivity (Wildman–Crippen MR) is 97.9 cm³/mol. The van der Waals surface area contributed by atoms with Crippen molar-refractivity contribution in [3.05, 3.63) is 53.9 Å². The summed E-state index contributed by atoms with van der Waals surface area (Å²) >= 11 is 0. The lowest BCUT2D eigenvalue weighted by Crippen LogP contribution is -2.17. The lowest BCUT2D eigenvalue weighted by atomic mass is 10.2. The van der Waals surface area contributed by atoms with E-state index in [9.17, 15) is 4.79 Å². The van der Waals surface area contributed by atoms with Gasteiger partial charge in [0, 0.05) is 11.6 Å². The summed E-state index contributed by atoms with van der Waals surface area (Å²) in [5.41, 5.74) is 7.26. The highest BCUT2D eigenvalue weighted by atomic mass is 16.1. The molecule has 1 amide bonds. The number of hydrogen-bond acceptors (Lipinski definition) is 5. The van der Waals surface area contributed by atoms with Gasteiger partial charge < -0.3 is 11.1 Å². The summed E-state index contributed by atoms with van der Waals surface area (Å²) in [4.78, 5) is 12.6. The Balaban J connectivity index is 1.87. The van der Waals surface area contributed by atoms with Crippen LogP contribution in [0, 0.1) is 11.3 Å². The average Bonchev–Trinajstić information content (AvgIpc) is 3.27. The highest BCUT2D eigenvalue weighted by Crippen LogP contribution is 2.20. The van der Waals surface area contributed by atoms with Crippen LogP contribution >= 0.6 is 0 Å². The lowest BCUT2D eigenvalue weighted by Gasteiger charge is -2.14. The number of nitrogens with one attached hydrogen (secondary N) is 1. The van der Waals surface area contributed by atoms with Crippen molar-refractivity contribution in [2.24, 2.45) is 0 Å². The number of nitrogens with zero attached hydrogens (tertiary/aromatic N) is 5. The molecule has 0 fully saturated rings. The number of nitriles is 1. The van der Waals surface area contributed by atoms with Gasteiger partial charge in [0.25, 0.3) is 5.91 Å². The minimum absolute atomic E-state index is 0.180. The normalized spacial score (nSPS) is 11.7. The van der Waals surface area contributed by atoms with E-state index in [0.717, 1.165) is 6.42 Å². The Hall–Kier alpha value is -3.60. The van der Waals surface area contributed by atoms with Gasteiger partial charge in [0.2, 0.25) is 0 Å². The molecule has 1 atom stereocenters. The van der Waals surface area contributed by atoms with Crippen LogP contribution < -0.4 is 11.1 Å². The fourth-order valence-corrected chi connectivity index (χ4v) is 2.55. The Morgan fingerprint density at radius 1 is 1.38 bits per heavy atom. The van der Waals surface area contributed by atoms with Gasteiger partial charge in [0.15, 0.2) is 0 Å². The van der Waals surface area contributed by atoms with E-state index in [0.29, 0.717) is 17.1 Å².